The zero-order valence-corrected chi connectivity index (χ0v) is 19.5. The predicted molar refractivity (Wildman–Crippen MR) is 141 cm³/mol. The number of aromatic nitrogens is 1. The molecule has 0 spiro atoms. The molecule has 1 aliphatic heterocycles. The van der Waals surface area contributed by atoms with Crippen molar-refractivity contribution >= 4 is 23.5 Å². The molecule has 0 saturated carbocycles. The minimum absolute atomic E-state index is 0.241. The van der Waals surface area contributed by atoms with Crippen LogP contribution < -0.4 is 9.47 Å². The summed E-state index contributed by atoms with van der Waals surface area (Å²) in [6, 6.07) is 36.6. The lowest BCUT2D eigenvalue weighted by Crippen LogP contribution is -2.00. The third kappa shape index (κ3) is 4.20. The second-order valence-corrected chi connectivity index (χ2v) is 8.61. The van der Waals surface area contributed by atoms with E-state index in [2.05, 4.69) is 59.2 Å². The number of halogens is 1. The van der Waals surface area contributed by atoms with Gasteiger partial charge in [-0.05, 0) is 53.6 Å². The Balaban J connectivity index is 1.56. The summed E-state index contributed by atoms with van der Waals surface area (Å²) >= 11 is 6.23. The molecule has 5 aromatic rings. The van der Waals surface area contributed by atoms with Gasteiger partial charge >= 0.3 is 0 Å². The number of rotatable bonds is 5. The Hall–Kier alpha value is -4.28. The molecule has 0 bridgehead atoms. The van der Waals surface area contributed by atoms with Crippen molar-refractivity contribution in [2.45, 2.75) is 0 Å². The average Bonchev–Trinajstić information content (AvgIpc) is 3.53. The molecule has 0 N–H and O–H groups in total. The Morgan fingerprint density at radius 3 is 2.14 bits per heavy atom. The fraction of sp³-hybridized carbons (Fsp3) is 0.0333. The molecule has 0 aliphatic carbocycles. The first-order valence-electron chi connectivity index (χ1n) is 11.3. The molecule has 0 unspecified atom stereocenters. The summed E-state index contributed by atoms with van der Waals surface area (Å²) in [5.74, 6) is 1.46. The fourth-order valence-corrected chi connectivity index (χ4v) is 4.44. The smallest absolute Gasteiger partial charge is 0.231 e. The Kier molecular flexibility index (Phi) is 5.57. The van der Waals surface area contributed by atoms with E-state index < -0.39 is 0 Å². The molecule has 35 heavy (non-hydrogen) atoms. The summed E-state index contributed by atoms with van der Waals surface area (Å²) in [7, 11) is 0. The van der Waals surface area contributed by atoms with E-state index in [1.807, 2.05) is 60.8 Å². The number of hydrogen-bond donors (Lipinski definition) is 0. The highest BCUT2D eigenvalue weighted by atomic mass is 35.5. The second kappa shape index (κ2) is 9.16. The van der Waals surface area contributed by atoms with Crippen LogP contribution in [0.1, 0.15) is 5.56 Å². The van der Waals surface area contributed by atoms with Crippen LogP contribution in [0.3, 0.4) is 0 Å². The first-order chi connectivity index (χ1) is 17.3. The van der Waals surface area contributed by atoms with Crippen LogP contribution in [0.15, 0.2) is 114 Å². The van der Waals surface area contributed by atoms with Gasteiger partial charge in [0.1, 0.15) is 0 Å². The summed E-state index contributed by atoms with van der Waals surface area (Å²) in [5.41, 5.74) is 7.15. The number of hydrogen-bond acceptors (Lipinski definition) is 3. The minimum Gasteiger partial charge on any atom is -0.454 e. The number of benzene rings is 4. The van der Waals surface area contributed by atoms with Gasteiger partial charge in [-0.3, -0.25) is 4.99 Å². The molecule has 4 nitrogen and oxygen atoms in total. The van der Waals surface area contributed by atoms with Crippen molar-refractivity contribution in [3.8, 4) is 39.7 Å². The predicted octanol–water partition coefficient (Wildman–Crippen LogP) is 7.94. The molecule has 2 heterocycles. The molecule has 0 radical (unpaired) electrons. The maximum absolute atomic E-state index is 6.23. The van der Waals surface area contributed by atoms with Crippen molar-refractivity contribution in [3.05, 3.63) is 120 Å². The highest BCUT2D eigenvalue weighted by Crippen LogP contribution is 2.37. The molecular weight excluding hydrogens is 456 g/mol. The molecule has 1 aliphatic rings. The Morgan fingerprint density at radius 2 is 1.40 bits per heavy atom. The van der Waals surface area contributed by atoms with Crippen molar-refractivity contribution < 1.29 is 9.47 Å². The highest BCUT2D eigenvalue weighted by molar-refractivity contribution is 6.30. The van der Waals surface area contributed by atoms with Gasteiger partial charge in [0.15, 0.2) is 11.5 Å². The van der Waals surface area contributed by atoms with Crippen LogP contribution in [0, 0.1) is 0 Å². The van der Waals surface area contributed by atoms with Gasteiger partial charge in [-0.2, -0.15) is 0 Å². The van der Waals surface area contributed by atoms with Crippen LogP contribution in [-0.2, 0) is 0 Å². The molecule has 170 valence electrons. The maximum Gasteiger partial charge on any atom is 0.231 e. The van der Waals surface area contributed by atoms with Crippen LogP contribution in [0.2, 0.25) is 5.02 Å². The number of ether oxygens (including phenoxy) is 2. The van der Waals surface area contributed by atoms with E-state index >= 15 is 0 Å². The van der Waals surface area contributed by atoms with E-state index in [1.165, 1.54) is 0 Å². The zero-order valence-electron chi connectivity index (χ0n) is 18.8. The molecule has 0 saturated heterocycles. The van der Waals surface area contributed by atoms with Crippen LogP contribution in [0.5, 0.6) is 11.5 Å². The average molecular weight is 477 g/mol. The van der Waals surface area contributed by atoms with Gasteiger partial charge in [0.2, 0.25) is 6.79 Å². The van der Waals surface area contributed by atoms with Gasteiger partial charge < -0.3 is 14.0 Å². The molecule has 5 heteroatoms. The molecule has 0 atom stereocenters. The topological polar surface area (TPSA) is 35.8 Å². The lowest BCUT2D eigenvalue weighted by molar-refractivity contribution is 0.174. The standard InChI is InChI=1S/C30H21ClN2O2/c31-24-11-14-26(15-12-24)33-27(21-7-3-1-4-8-21)17-23(30(33)22-9-5-2-6-10-22)19-32-25-13-16-28-29(18-25)35-20-34-28/h1-19H,20H2. The van der Waals surface area contributed by atoms with E-state index in [9.17, 15) is 0 Å². The SMILES string of the molecule is Clc1ccc(-n2c(-c3ccccc3)cc(C=Nc3ccc4c(c3)OCO4)c2-c2ccccc2)cc1. The van der Waals surface area contributed by atoms with Crippen molar-refractivity contribution in [3.63, 3.8) is 0 Å². The molecule has 1 aromatic heterocycles. The third-order valence-electron chi connectivity index (χ3n) is 5.94. The van der Waals surface area contributed by atoms with Crippen LogP contribution >= 0.6 is 11.6 Å². The summed E-state index contributed by atoms with van der Waals surface area (Å²) in [4.78, 5) is 4.80. The largest absolute Gasteiger partial charge is 0.454 e. The first kappa shape index (κ1) is 21.3. The van der Waals surface area contributed by atoms with Crippen molar-refractivity contribution in [2.24, 2.45) is 4.99 Å². The lowest BCUT2D eigenvalue weighted by atomic mass is 10.1. The van der Waals surface area contributed by atoms with Crippen LogP contribution in [0.4, 0.5) is 5.69 Å². The first-order valence-corrected chi connectivity index (χ1v) is 11.7. The van der Waals surface area contributed by atoms with Gasteiger partial charge in [0.25, 0.3) is 0 Å². The zero-order chi connectivity index (χ0) is 23.6. The number of aliphatic imine (C=N–C) groups is 1. The van der Waals surface area contributed by atoms with Gasteiger partial charge in [-0.15, -0.1) is 0 Å². The summed E-state index contributed by atoms with van der Waals surface area (Å²) in [6.07, 6.45) is 1.92. The summed E-state index contributed by atoms with van der Waals surface area (Å²) < 4.78 is 13.2. The Bertz CT molecular complexity index is 1510. The van der Waals surface area contributed by atoms with Gasteiger partial charge in [-0.1, -0.05) is 72.3 Å². The summed E-state index contributed by atoms with van der Waals surface area (Å²) in [5, 5.41) is 0.702. The Morgan fingerprint density at radius 1 is 0.714 bits per heavy atom. The van der Waals surface area contributed by atoms with E-state index in [4.69, 9.17) is 26.1 Å². The Labute approximate surface area is 208 Å². The second-order valence-electron chi connectivity index (χ2n) is 8.17. The van der Waals surface area contributed by atoms with Gasteiger partial charge in [0.05, 0.1) is 17.1 Å². The summed E-state index contributed by atoms with van der Waals surface area (Å²) in [6.45, 7) is 0.241. The lowest BCUT2D eigenvalue weighted by Gasteiger charge is -2.15. The van der Waals surface area contributed by atoms with Crippen molar-refractivity contribution in [2.75, 3.05) is 6.79 Å². The molecule has 0 fully saturated rings. The fourth-order valence-electron chi connectivity index (χ4n) is 4.31. The third-order valence-corrected chi connectivity index (χ3v) is 6.19. The quantitative estimate of drug-likeness (QED) is 0.241. The van der Waals surface area contributed by atoms with Crippen molar-refractivity contribution in [1.29, 1.82) is 0 Å². The van der Waals surface area contributed by atoms with E-state index in [0.717, 1.165) is 45.2 Å². The molecule has 4 aromatic carbocycles. The monoisotopic (exact) mass is 476 g/mol. The molecule has 0 amide bonds. The van der Waals surface area contributed by atoms with Crippen LogP contribution in [0.25, 0.3) is 28.2 Å². The van der Waals surface area contributed by atoms with Crippen LogP contribution in [-0.4, -0.2) is 17.6 Å². The highest BCUT2D eigenvalue weighted by Gasteiger charge is 2.19. The van der Waals surface area contributed by atoms with Gasteiger partial charge in [-0.25, -0.2) is 0 Å². The number of fused-ring (bicyclic) bond motifs is 1. The molecule has 6 rings (SSSR count). The molecular formula is C30H21ClN2O2. The van der Waals surface area contributed by atoms with Gasteiger partial charge in [0, 0.05) is 28.6 Å². The van der Waals surface area contributed by atoms with E-state index in [-0.39, 0.29) is 6.79 Å². The number of nitrogens with zero attached hydrogens (tertiary/aromatic N) is 2. The maximum atomic E-state index is 6.23. The normalized spacial score (nSPS) is 12.4. The minimum atomic E-state index is 0.241. The van der Waals surface area contributed by atoms with Crippen molar-refractivity contribution in [1.82, 2.24) is 4.57 Å². The van der Waals surface area contributed by atoms with E-state index in [0.29, 0.717) is 10.8 Å². The van der Waals surface area contributed by atoms with E-state index in [1.54, 1.807) is 0 Å².